The van der Waals surface area contributed by atoms with Crippen molar-refractivity contribution in [3.05, 3.63) is 33.4 Å². The number of ketones is 1. The van der Waals surface area contributed by atoms with Gasteiger partial charge in [0.1, 0.15) is 5.69 Å². The molecule has 2 rings (SSSR count). The number of nitrogens with two attached hydrogens (primary N) is 1. The highest BCUT2D eigenvalue weighted by Crippen LogP contribution is 2.33. The molecule has 0 saturated carbocycles. The molecule has 1 aliphatic carbocycles. The fourth-order valence-electron chi connectivity index (χ4n) is 1.72. The smallest absolute Gasteiger partial charge is 0.292 e. The van der Waals surface area contributed by atoms with Gasteiger partial charge in [0.2, 0.25) is 0 Å². The maximum absolute atomic E-state index is 11.3. The molecule has 1 aliphatic rings. The lowest BCUT2D eigenvalue weighted by atomic mass is 10.1. The third-order valence-corrected chi connectivity index (χ3v) is 2.43. The van der Waals surface area contributed by atoms with Crippen molar-refractivity contribution < 1.29 is 9.72 Å². The Hall–Kier alpha value is -1.91. The first-order valence-corrected chi connectivity index (χ1v) is 4.20. The Morgan fingerprint density at radius 1 is 1.36 bits per heavy atom. The number of anilines is 1. The molecule has 0 unspecified atom stereocenters. The zero-order chi connectivity index (χ0) is 10.3. The van der Waals surface area contributed by atoms with Crippen LogP contribution in [0, 0.1) is 10.1 Å². The van der Waals surface area contributed by atoms with Gasteiger partial charge in [-0.25, -0.2) is 0 Å². The predicted molar refractivity (Wildman–Crippen MR) is 50.2 cm³/mol. The van der Waals surface area contributed by atoms with Gasteiger partial charge in [0.05, 0.1) is 4.92 Å². The lowest BCUT2D eigenvalue weighted by molar-refractivity contribution is -0.383. The predicted octanol–water partition coefficient (Wildman–Crippen LogP) is 1.31. The Bertz CT molecular complexity index is 440. The van der Waals surface area contributed by atoms with Crippen molar-refractivity contribution >= 4 is 17.2 Å². The van der Waals surface area contributed by atoms with Crippen molar-refractivity contribution in [3.8, 4) is 0 Å². The molecule has 0 saturated heterocycles. The van der Waals surface area contributed by atoms with E-state index >= 15 is 0 Å². The molecular formula is C9H8N2O3. The quantitative estimate of drug-likeness (QED) is 0.413. The zero-order valence-corrected chi connectivity index (χ0v) is 7.32. The van der Waals surface area contributed by atoms with Crippen LogP contribution in [-0.4, -0.2) is 10.7 Å². The molecule has 0 spiro atoms. The molecular weight excluding hydrogens is 184 g/mol. The summed E-state index contributed by atoms with van der Waals surface area (Å²) in [7, 11) is 0. The standard InChI is InChI=1S/C9H8N2O3/c10-9-6-2-4-8(12)5(6)1-3-7(9)11(13)14/h1,3H,2,4,10H2. The number of nitro groups is 1. The van der Waals surface area contributed by atoms with Crippen molar-refractivity contribution in [1.82, 2.24) is 0 Å². The largest absolute Gasteiger partial charge is 0.393 e. The van der Waals surface area contributed by atoms with E-state index in [1.165, 1.54) is 12.1 Å². The summed E-state index contributed by atoms with van der Waals surface area (Å²) in [6, 6.07) is 2.77. The number of Topliss-reactive ketones (excluding diaryl/α,β-unsaturated/α-hetero) is 1. The van der Waals surface area contributed by atoms with E-state index in [2.05, 4.69) is 0 Å². The first kappa shape index (κ1) is 8.68. The average molecular weight is 192 g/mol. The van der Waals surface area contributed by atoms with Crippen LogP contribution >= 0.6 is 0 Å². The van der Waals surface area contributed by atoms with Crippen molar-refractivity contribution in [2.24, 2.45) is 0 Å². The molecule has 0 radical (unpaired) electrons. The van der Waals surface area contributed by atoms with Gasteiger partial charge in [-0.2, -0.15) is 0 Å². The van der Waals surface area contributed by atoms with E-state index in [0.29, 0.717) is 24.0 Å². The highest BCUT2D eigenvalue weighted by atomic mass is 16.6. The molecule has 5 nitrogen and oxygen atoms in total. The molecule has 5 heteroatoms. The summed E-state index contributed by atoms with van der Waals surface area (Å²) in [5.74, 6) is 0.0154. The summed E-state index contributed by atoms with van der Waals surface area (Å²) < 4.78 is 0. The van der Waals surface area contributed by atoms with Crippen molar-refractivity contribution in [2.75, 3.05) is 5.73 Å². The van der Waals surface area contributed by atoms with Gasteiger partial charge in [-0.05, 0) is 18.1 Å². The molecule has 0 fully saturated rings. The molecule has 0 aromatic heterocycles. The molecule has 0 atom stereocenters. The SMILES string of the molecule is Nc1c([N+](=O)[O-])ccc2c1CCC2=O. The number of carbonyl (C=O) groups excluding carboxylic acids is 1. The van der Waals surface area contributed by atoms with E-state index in [9.17, 15) is 14.9 Å². The minimum Gasteiger partial charge on any atom is -0.393 e. The summed E-state index contributed by atoms with van der Waals surface area (Å²) in [5.41, 5.74) is 6.79. The van der Waals surface area contributed by atoms with Gasteiger partial charge < -0.3 is 5.73 Å². The third-order valence-electron chi connectivity index (χ3n) is 2.43. The Morgan fingerprint density at radius 3 is 2.71 bits per heavy atom. The van der Waals surface area contributed by atoms with Crippen molar-refractivity contribution in [3.63, 3.8) is 0 Å². The normalized spacial score (nSPS) is 14.1. The molecule has 14 heavy (non-hydrogen) atoms. The molecule has 72 valence electrons. The number of nitrogen functional groups attached to an aromatic ring is 1. The van der Waals surface area contributed by atoms with Gasteiger partial charge in [-0.1, -0.05) is 0 Å². The van der Waals surface area contributed by atoms with E-state index in [1.54, 1.807) is 0 Å². The number of nitrogens with zero attached hydrogens (tertiary/aromatic N) is 1. The zero-order valence-electron chi connectivity index (χ0n) is 7.32. The number of carbonyl (C=O) groups is 1. The van der Waals surface area contributed by atoms with E-state index in [0.717, 1.165) is 0 Å². The summed E-state index contributed by atoms with van der Waals surface area (Å²) >= 11 is 0. The number of benzene rings is 1. The molecule has 0 heterocycles. The van der Waals surface area contributed by atoms with Crippen LogP contribution < -0.4 is 5.73 Å². The van der Waals surface area contributed by atoms with Gasteiger partial charge in [0.25, 0.3) is 5.69 Å². The second-order valence-electron chi connectivity index (χ2n) is 3.20. The number of hydrogen-bond acceptors (Lipinski definition) is 4. The van der Waals surface area contributed by atoms with Crippen LogP contribution in [0.15, 0.2) is 12.1 Å². The number of rotatable bonds is 1. The minimum atomic E-state index is -0.529. The Labute approximate surface area is 79.7 Å². The van der Waals surface area contributed by atoms with Crippen molar-refractivity contribution in [1.29, 1.82) is 0 Å². The van der Waals surface area contributed by atoms with Crippen LogP contribution in [0.3, 0.4) is 0 Å². The van der Waals surface area contributed by atoms with Crippen LogP contribution in [0.4, 0.5) is 11.4 Å². The second-order valence-corrected chi connectivity index (χ2v) is 3.20. The average Bonchev–Trinajstić information content (AvgIpc) is 2.49. The molecule has 0 bridgehead atoms. The van der Waals surface area contributed by atoms with Gasteiger partial charge in [-0.3, -0.25) is 14.9 Å². The van der Waals surface area contributed by atoms with E-state index in [4.69, 9.17) is 5.73 Å². The highest BCUT2D eigenvalue weighted by Gasteiger charge is 2.26. The summed E-state index contributed by atoms with van der Waals surface area (Å²) in [6.45, 7) is 0. The summed E-state index contributed by atoms with van der Waals surface area (Å²) in [5, 5.41) is 10.5. The van der Waals surface area contributed by atoms with E-state index < -0.39 is 4.92 Å². The Kier molecular flexibility index (Phi) is 1.73. The minimum absolute atomic E-state index is 0.0154. The van der Waals surface area contributed by atoms with Gasteiger partial charge in [0, 0.05) is 18.1 Å². The van der Waals surface area contributed by atoms with Gasteiger partial charge in [0.15, 0.2) is 5.78 Å². The first-order chi connectivity index (χ1) is 6.61. The van der Waals surface area contributed by atoms with Gasteiger partial charge >= 0.3 is 0 Å². The van der Waals surface area contributed by atoms with Crippen LogP contribution in [0.2, 0.25) is 0 Å². The lowest BCUT2D eigenvalue weighted by Gasteiger charge is -2.02. The van der Waals surface area contributed by atoms with Crippen LogP contribution in [0.25, 0.3) is 0 Å². The van der Waals surface area contributed by atoms with E-state index in [1.807, 2.05) is 0 Å². The monoisotopic (exact) mass is 192 g/mol. The molecule has 0 aliphatic heterocycles. The lowest BCUT2D eigenvalue weighted by Crippen LogP contribution is -2.00. The van der Waals surface area contributed by atoms with Crippen LogP contribution in [-0.2, 0) is 6.42 Å². The maximum Gasteiger partial charge on any atom is 0.292 e. The maximum atomic E-state index is 11.3. The van der Waals surface area contributed by atoms with E-state index in [-0.39, 0.29) is 17.2 Å². The summed E-state index contributed by atoms with van der Waals surface area (Å²) in [4.78, 5) is 21.3. The molecule has 1 aromatic carbocycles. The second kappa shape index (κ2) is 2.80. The third kappa shape index (κ3) is 1.06. The molecule has 2 N–H and O–H groups in total. The fourth-order valence-corrected chi connectivity index (χ4v) is 1.72. The highest BCUT2D eigenvalue weighted by molar-refractivity contribution is 6.02. The number of hydrogen-bond donors (Lipinski definition) is 1. The Balaban J connectivity index is 2.64. The van der Waals surface area contributed by atoms with Crippen LogP contribution in [0.5, 0.6) is 0 Å². The van der Waals surface area contributed by atoms with Gasteiger partial charge in [-0.15, -0.1) is 0 Å². The van der Waals surface area contributed by atoms with Crippen LogP contribution in [0.1, 0.15) is 22.3 Å². The number of nitro benzene ring substituents is 1. The molecule has 1 aromatic rings. The molecule has 0 amide bonds. The Morgan fingerprint density at radius 2 is 2.07 bits per heavy atom. The summed E-state index contributed by atoms with van der Waals surface area (Å²) in [6.07, 6.45) is 0.919. The first-order valence-electron chi connectivity index (χ1n) is 4.20. The van der Waals surface area contributed by atoms with Crippen molar-refractivity contribution in [2.45, 2.75) is 12.8 Å². The fraction of sp³-hybridized carbons (Fsp3) is 0.222. The number of fused-ring (bicyclic) bond motifs is 1. The topological polar surface area (TPSA) is 86.2 Å².